The summed E-state index contributed by atoms with van der Waals surface area (Å²) < 4.78 is 2.55. The van der Waals surface area contributed by atoms with Gasteiger partial charge in [0.15, 0.2) is 6.29 Å². The van der Waals surface area contributed by atoms with Gasteiger partial charge in [0.2, 0.25) is 0 Å². The molecule has 0 unspecified atom stereocenters. The van der Waals surface area contributed by atoms with Crippen molar-refractivity contribution in [1.29, 1.82) is 0 Å². The zero-order valence-corrected chi connectivity index (χ0v) is 26.9. The van der Waals surface area contributed by atoms with E-state index in [4.69, 9.17) is 0 Å². The van der Waals surface area contributed by atoms with Crippen LogP contribution in [0.4, 0.5) is 0 Å². The van der Waals surface area contributed by atoms with Crippen molar-refractivity contribution in [3.8, 4) is 48.3 Å². The SMILES string of the molecule is CC1(C)c2ccccc2-c2ccc(-n3c(-c4ccccc4)c4c5c(c(-c6ccc(-c7ccc(C=O)s7)s6)ccc53)CCC4)cc21. The molecule has 7 aromatic rings. The Morgan fingerprint density at radius 3 is 2.22 bits per heavy atom. The number of hydrogen-bond acceptors (Lipinski definition) is 3. The minimum absolute atomic E-state index is 0.0567. The van der Waals surface area contributed by atoms with Gasteiger partial charge in [-0.15, -0.1) is 22.7 Å². The smallest absolute Gasteiger partial charge is 0.160 e. The number of aromatic nitrogens is 1. The van der Waals surface area contributed by atoms with Crippen LogP contribution in [-0.4, -0.2) is 10.9 Å². The van der Waals surface area contributed by atoms with Gasteiger partial charge < -0.3 is 4.57 Å². The van der Waals surface area contributed by atoms with Crippen molar-refractivity contribution < 1.29 is 4.79 Å². The highest BCUT2D eigenvalue weighted by Gasteiger charge is 2.36. The Hall–Kier alpha value is -4.51. The Kier molecular flexibility index (Phi) is 5.97. The highest BCUT2D eigenvalue weighted by molar-refractivity contribution is 7.24. The first-order valence-electron chi connectivity index (χ1n) is 15.7. The summed E-state index contributed by atoms with van der Waals surface area (Å²) in [5, 5.41) is 1.43. The largest absolute Gasteiger partial charge is 0.309 e. The predicted octanol–water partition coefficient (Wildman–Crippen LogP) is 11.4. The molecule has 3 aromatic heterocycles. The van der Waals surface area contributed by atoms with Crippen molar-refractivity contribution in [2.45, 2.75) is 38.5 Å². The summed E-state index contributed by atoms with van der Waals surface area (Å²) in [5.74, 6) is 0. The van der Waals surface area contributed by atoms with Gasteiger partial charge >= 0.3 is 0 Å². The standard InChI is InChI=1S/C41H31NOS2/c1-41(2)33-14-7-6-11-28(33)29-17-15-26(23-34(29)41)42-35-19-18-30(36-21-22-38(45-36)37-20-16-27(24-43)44-37)31-12-8-13-32(39(31)35)40(42)25-9-4-3-5-10-25/h3-7,9-11,14-24H,8,12-13H2,1-2H3. The number of aldehydes is 1. The van der Waals surface area contributed by atoms with Crippen LogP contribution in [0, 0.1) is 0 Å². The lowest BCUT2D eigenvalue weighted by molar-refractivity contribution is 0.112. The van der Waals surface area contributed by atoms with E-state index in [9.17, 15) is 4.79 Å². The van der Waals surface area contributed by atoms with Crippen molar-refractivity contribution in [2.24, 2.45) is 0 Å². The lowest BCUT2D eigenvalue weighted by Crippen LogP contribution is -2.15. The molecule has 9 rings (SSSR count). The van der Waals surface area contributed by atoms with Crippen LogP contribution in [0.15, 0.2) is 109 Å². The number of carbonyl (C=O) groups is 1. The summed E-state index contributed by atoms with van der Waals surface area (Å²) in [4.78, 5) is 15.7. The minimum atomic E-state index is -0.0567. The normalized spacial score (nSPS) is 14.4. The molecule has 0 amide bonds. The first-order valence-corrected chi connectivity index (χ1v) is 17.3. The molecule has 2 aliphatic rings. The molecule has 218 valence electrons. The second-order valence-corrected chi connectivity index (χ2v) is 15.0. The highest BCUT2D eigenvalue weighted by atomic mass is 32.1. The molecule has 0 saturated heterocycles. The number of nitrogens with zero attached hydrogens (tertiary/aromatic N) is 1. The van der Waals surface area contributed by atoms with Gasteiger partial charge in [-0.05, 0) is 106 Å². The zero-order valence-electron chi connectivity index (χ0n) is 25.3. The van der Waals surface area contributed by atoms with Gasteiger partial charge in [0.25, 0.3) is 0 Å². The number of aryl methyl sites for hydroxylation is 2. The molecule has 3 heterocycles. The van der Waals surface area contributed by atoms with Crippen LogP contribution in [0.5, 0.6) is 0 Å². The maximum Gasteiger partial charge on any atom is 0.160 e. The maximum absolute atomic E-state index is 11.3. The Bertz CT molecular complexity index is 2300. The molecule has 4 aromatic carbocycles. The van der Waals surface area contributed by atoms with E-state index in [-0.39, 0.29) is 5.41 Å². The van der Waals surface area contributed by atoms with Crippen LogP contribution in [-0.2, 0) is 18.3 Å². The zero-order chi connectivity index (χ0) is 30.3. The van der Waals surface area contributed by atoms with E-state index in [2.05, 4.69) is 122 Å². The number of hydrogen-bond donors (Lipinski definition) is 0. The van der Waals surface area contributed by atoms with Crippen molar-refractivity contribution >= 4 is 39.9 Å². The van der Waals surface area contributed by atoms with Crippen molar-refractivity contribution in [1.82, 2.24) is 4.57 Å². The van der Waals surface area contributed by atoms with Crippen LogP contribution < -0.4 is 0 Å². The first kappa shape index (κ1) is 26.9. The van der Waals surface area contributed by atoms with Crippen LogP contribution in [0.2, 0.25) is 0 Å². The quantitative estimate of drug-likeness (QED) is 0.176. The molecule has 0 atom stereocenters. The van der Waals surface area contributed by atoms with Gasteiger partial charge in [-0.1, -0.05) is 80.6 Å². The van der Waals surface area contributed by atoms with E-state index in [0.29, 0.717) is 0 Å². The number of rotatable bonds is 5. The molecule has 0 fully saturated rings. The third-order valence-electron chi connectivity index (χ3n) is 9.93. The number of fused-ring (bicyclic) bond motifs is 3. The fourth-order valence-corrected chi connectivity index (χ4v) is 9.84. The van der Waals surface area contributed by atoms with E-state index in [1.165, 1.54) is 76.5 Å². The summed E-state index contributed by atoms with van der Waals surface area (Å²) in [6.45, 7) is 4.73. The van der Waals surface area contributed by atoms with Crippen LogP contribution in [0.1, 0.15) is 52.2 Å². The molecule has 0 radical (unpaired) electrons. The van der Waals surface area contributed by atoms with E-state index >= 15 is 0 Å². The average Bonchev–Trinajstić information content (AvgIpc) is 3.87. The van der Waals surface area contributed by atoms with E-state index in [1.54, 1.807) is 11.3 Å². The third kappa shape index (κ3) is 3.95. The van der Waals surface area contributed by atoms with Crippen molar-refractivity contribution in [2.75, 3.05) is 0 Å². The lowest BCUT2D eigenvalue weighted by Gasteiger charge is -2.22. The predicted molar refractivity (Wildman–Crippen MR) is 190 cm³/mol. The van der Waals surface area contributed by atoms with Crippen LogP contribution >= 0.6 is 22.7 Å². The molecular weight excluding hydrogens is 587 g/mol. The Morgan fingerprint density at radius 1 is 0.667 bits per heavy atom. The maximum atomic E-state index is 11.3. The Morgan fingerprint density at radius 2 is 1.38 bits per heavy atom. The fourth-order valence-electron chi connectivity index (χ4n) is 7.87. The summed E-state index contributed by atoms with van der Waals surface area (Å²) in [5.41, 5.74) is 14.8. The number of thiophene rings is 2. The Balaban J connectivity index is 1.27. The van der Waals surface area contributed by atoms with E-state index < -0.39 is 0 Å². The molecule has 0 saturated carbocycles. The third-order valence-corrected chi connectivity index (χ3v) is 12.3. The lowest BCUT2D eigenvalue weighted by atomic mass is 9.82. The summed E-state index contributed by atoms with van der Waals surface area (Å²) in [6.07, 6.45) is 4.23. The van der Waals surface area contributed by atoms with E-state index in [0.717, 1.165) is 35.3 Å². The van der Waals surface area contributed by atoms with Gasteiger partial charge in [0.1, 0.15) is 0 Å². The number of carbonyl (C=O) groups excluding carboxylic acids is 1. The molecule has 0 N–H and O–H groups in total. The topological polar surface area (TPSA) is 22.0 Å². The molecule has 0 spiro atoms. The molecular formula is C41H31NOS2. The van der Waals surface area contributed by atoms with Gasteiger partial charge in [-0.25, -0.2) is 0 Å². The van der Waals surface area contributed by atoms with Crippen molar-refractivity contribution in [3.63, 3.8) is 0 Å². The summed E-state index contributed by atoms with van der Waals surface area (Å²) >= 11 is 3.39. The van der Waals surface area contributed by atoms with Crippen molar-refractivity contribution in [3.05, 3.63) is 136 Å². The second-order valence-electron chi connectivity index (χ2n) is 12.8. The van der Waals surface area contributed by atoms with Gasteiger partial charge in [0, 0.05) is 31.1 Å². The molecule has 0 aliphatic heterocycles. The minimum Gasteiger partial charge on any atom is -0.309 e. The van der Waals surface area contributed by atoms with Crippen LogP contribution in [0.25, 0.3) is 59.2 Å². The summed E-state index contributed by atoms with van der Waals surface area (Å²) in [7, 11) is 0. The molecule has 45 heavy (non-hydrogen) atoms. The molecule has 2 nitrogen and oxygen atoms in total. The van der Waals surface area contributed by atoms with Gasteiger partial charge in [-0.3, -0.25) is 4.79 Å². The second kappa shape index (κ2) is 10.00. The number of benzene rings is 4. The molecule has 4 heteroatoms. The fraction of sp³-hybridized carbons (Fsp3) is 0.146. The first-order chi connectivity index (χ1) is 22.0. The van der Waals surface area contributed by atoms with E-state index in [1.807, 2.05) is 17.4 Å². The summed E-state index contributed by atoms with van der Waals surface area (Å²) in [6, 6.07) is 40.2. The average molecular weight is 618 g/mol. The molecule has 2 aliphatic carbocycles. The molecule has 0 bridgehead atoms. The van der Waals surface area contributed by atoms with Gasteiger partial charge in [0.05, 0.1) is 16.1 Å². The van der Waals surface area contributed by atoms with Crippen LogP contribution in [0.3, 0.4) is 0 Å². The Labute approximate surface area is 271 Å². The van der Waals surface area contributed by atoms with Gasteiger partial charge in [-0.2, -0.15) is 0 Å². The monoisotopic (exact) mass is 617 g/mol. The highest BCUT2D eigenvalue weighted by Crippen LogP contribution is 2.51.